The zero-order valence-corrected chi connectivity index (χ0v) is 16.9. The molecule has 0 amide bonds. The van der Waals surface area contributed by atoms with E-state index < -0.39 is 0 Å². The van der Waals surface area contributed by atoms with Crippen molar-refractivity contribution in [2.24, 2.45) is 10.8 Å². The summed E-state index contributed by atoms with van der Waals surface area (Å²) in [6.07, 6.45) is 3.83. The second kappa shape index (κ2) is 6.33. The molecule has 0 saturated heterocycles. The Balaban J connectivity index is 2.10. The molecule has 0 spiro atoms. The van der Waals surface area contributed by atoms with Crippen LogP contribution < -0.4 is 5.32 Å². The van der Waals surface area contributed by atoms with E-state index in [0.29, 0.717) is 22.9 Å². The summed E-state index contributed by atoms with van der Waals surface area (Å²) in [6.45, 7) is 11.9. The highest BCUT2D eigenvalue weighted by Gasteiger charge is 2.38. The highest BCUT2D eigenvalue weighted by Crippen LogP contribution is 2.46. The lowest BCUT2D eigenvalue weighted by molar-refractivity contribution is 0.0811. The Morgan fingerprint density at radius 1 is 1.10 bits per heavy atom. The van der Waals surface area contributed by atoms with Gasteiger partial charge in [0.1, 0.15) is 0 Å². The van der Waals surface area contributed by atoms with Crippen LogP contribution in [0.5, 0.6) is 0 Å². The molecule has 1 fully saturated rings. The summed E-state index contributed by atoms with van der Waals surface area (Å²) in [6, 6.07) is 7.40. The predicted molar refractivity (Wildman–Crippen MR) is 98.6 cm³/mol. The molecule has 1 N–H and O–H groups in total. The summed E-state index contributed by atoms with van der Waals surface area (Å²) in [4.78, 5) is 0. The number of hydrogen-bond donors (Lipinski definition) is 1. The Labute approximate surface area is 146 Å². The van der Waals surface area contributed by atoms with Gasteiger partial charge in [0, 0.05) is 21.0 Å². The van der Waals surface area contributed by atoms with E-state index in [-0.39, 0.29) is 0 Å². The molecule has 1 aliphatic carbocycles. The highest BCUT2D eigenvalue weighted by molar-refractivity contribution is 9.11. The molecule has 1 aromatic rings. The summed E-state index contributed by atoms with van der Waals surface area (Å²) < 4.78 is 2.29. The minimum atomic E-state index is 0.363. The zero-order valence-electron chi connectivity index (χ0n) is 13.8. The van der Waals surface area contributed by atoms with E-state index in [9.17, 15) is 0 Å². The average Bonchev–Trinajstić information content (AvgIpc) is 2.23. The highest BCUT2D eigenvalue weighted by atomic mass is 79.9. The fraction of sp³-hybridized carbons (Fsp3) is 0.667. The standard InChI is InChI=1S/C18H27Br2N/c1-12(15-7-6-13(19)8-16(15)20)21-14-9-17(2,3)11-18(4,5)10-14/h6-8,12,14,21H,9-11H2,1-5H3. The van der Waals surface area contributed by atoms with Crippen molar-refractivity contribution in [1.82, 2.24) is 5.32 Å². The van der Waals surface area contributed by atoms with Crippen molar-refractivity contribution in [2.45, 2.75) is 66.0 Å². The van der Waals surface area contributed by atoms with Crippen molar-refractivity contribution in [3.05, 3.63) is 32.7 Å². The predicted octanol–water partition coefficient (Wildman–Crippen LogP) is 6.47. The number of rotatable bonds is 3. The number of hydrogen-bond acceptors (Lipinski definition) is 1. The molecule has 1 aromatic carbocycles. The van der Waals surface area contributed by atoms with Gasteiger partial charge in [-0.1, -0.05) is 65.6 Å². The Morgan fingerprint density at radius 2 is 1.67 bits per heavy atom. The van der Waals surface area contributed by atoms with Gasteiger partial charge in [0.15, 0.2) is 0 Å². The molecule has 0 aromatic heterocycles. The van der Waals surface area contributed by atoms with E-state index in [1.807, 2.05) is 0 Å². The molecule has 1 nitrogen and oxygen atoms in total. The van der Waals surface area contributed by atoms with E-state index in [2.05, 4.69) is 90.0 Å². The van der Waals surface area contributed by atoms with Gasteiger partial charge in [-0.05, 0) is 54.7 Å². The molecule has 0 aliphatic heterocycles. The topological polar surface area (TPSA) is 12.0 Å². The van der Waals surface area contributed by atoms with Crippen LogP contribution in [0.2, 0.25) is 0 Å². The van der Waals surface area contributed by atoms with Crippen LogP contribution in [0.25, 0.3) is 0 Å². The molecule has 0 heterocycles. The second-order valence-electron chi connectivity index (χ2n) is 8.16. The lowest BCUT2D eigenvalue weighted by Gasteiger charge is -2.46. The Morgan fingerprint density at radius 3 is 2.19 bits per heavy atom. The van der Waals surface area contributed by atoms with Gasteiger partial charge in [-0.2, -0.15) is 0 Å². The summed E-state index contributed by atoms with van der Waals surface area (Å²) in [5.74, 6) is 0. The molecule has 2 rings (SSSR count). The first-order chi connectivity index (χ1) is 9.58. The first kappa shape index (κ1) is 17.5. The molecule has 118 valence electrons. The third kappa shape index (κ3) is 4.80. The number of nitrogens with one attached hydrogen (secondary N) is 1. The van der Waals surface area contributed by atoms with Crippen LogP contribution in [0, 0.1) is 10.8 Å². The van der Waals surface area contributed by atoms with E-state index in [4.69, 9.17) is 0 Å². The van der Waals surface area contributed by atoms with Crippen LogP contribution in [0.15, 0.2) is 27.1 Å². The van der Waals surface area contributed by atoms with Crippen LogP contribution in [-0.4, -0.2) is 6.04 Å². The SMILES string of the molecule is CC(NC1CC(C)(C)CC(C)(C)C1)c1ccc(Br)cc1Br. The third-order valence-electron chi connectivity index (χ3n) is 4.47. The quantitative estimate of drug-likeness (QED) is 0.595. The van der Waals surface area contributed by atoms with Crippen LogP contribution in [-0.2, 0) is 0 Å². The van der Waals surface area contributed by atoms with Gasteiger partial charge in [0.05, 0.1) is 0 Å². The van der Waals surface area contributed by atoms with Crippen LogP contribution in [0.3, 0.4) is 0 Å². The maximum atomic E-state index is 3.86. The van der Waals surface area contributed by atoms with Crippen molar-refractivity contribution in [3.63, 3.8) is 0 Å². The molecule has 1 unspecified atom stereocenters. The molecule has 1 aliphatic rings. The van der Waals surface area contributed by atoms with Gasteiger partial charge in [-0.15, -0.1) is 0 Å². The maximum absolute atomic E-state index is 3.86. The summed E-state index contributed by atoms with van der Waals surface area (Å²) >= 11 is 7.21. The van der Waals surface area contributed by atoms with Crippen LogP contribution >= 0.6 is 31.9 Å². The maximum Gasteiger partial charge on any atom is 0.0305 e. The molecule has 0 radical (unpaired) electrons. The molecular weight excluding hydrogens is 390 g/mol. The summed E-state index contributed by atoms with van der Waals surface area (Å²) in [7, 11) is 0. The van der Waals surface area contributed by atoms with Crippen LogP contribution in [0.4, 0.5) is 0 Å². The molecular formula is C18H27Br2N. The Hall–Kier alpha value is 0.140. The Bertz CT molecular complexity index is 492. The van der Waals surface area contributed by atoms with E-state index in [1.165, 1.54) is 29.3 Å². The monoisotopic (exact) mass is 415 g/mol. The van der Waals surface area contributed by atoms with E-state index >= 15 is 0 Å². The lowest BCUT2D eigenvalue weighted by Crippen LogP contribution is -2.44. The van der Waals surface area contributed by atoms with E-state index in [0.717, 1.165) is 4.47 Å². The van der Waals surface area contributed by atoms with Gasteiger partial charge in [-0.25, -0.2) is 0 Å². The molecule has 1 saturated carbocycles. The second-order valence-corrected chi connectivity index (χ2v) is 9.93. The summed E-state index contributed by atoms with van der Waals surface area (Å²) in [5, 5.41) is 3.86. The lowest BCUT2D eigenvalue weighted by atomic mass is 9.63. The minimum Gasteiger partial charge on any atom is -0.307 e. The number of halogens is 2. The Kier molecular flexibility index (Phi) is 5.27. The normalized spacial score (nSPS) is 23.0. The molecule has 21 heavy (non-hydrogen) atoms. The first-order valence-corrected chi connectivity index (χ1v) is 9.38. The van der Waals surface area contributed by atoms with Gasteiger partial charge < -0.3 is 5.32 Å². The average molecular weight is 417 g/mol. The van der Waals surface area contributed by atoms with E-state index in [1.54, 1.807) is 0 Å². The van der Waals surface area contributed by atoms with Crippen molar-refractivity contribution in [1.29, 1.82) is 0 Å². The van der Waals surface area contributed by atoms with Crippen molar-refractivity contribution in [2.75, 3.05) is 0 Å². The smallest absolute Gasteiger partial charge is 0.0305 e. The molecule has 0 bridgehead atoms. The van der Waals surface area contributed by atoms with Crippen molar-refractivity contribution < 1.29 is 0 Å². The molecule has 3 heteroatoms. The third-order valence-corrected chi connectivity index (χ3v) is 5.65. The van der Waals surface area contributed by atoms with Crippen molar-refractivity contribution >= 4 is 31.9 Å². The van der Waals surface area contributed by atoms with Crippen LogP contribution in [0.1, 0.15) is 65.5 Å². The fourth-order valence-corrected chi connectivity index (χ4v) is 5.65. The van der Waals surface area contributed by atoms with Gasteiger partial charge in [-0.3, -0.25) is 0 Å². The van der Waals surface area contributed by atoms with Gasteiger partial charge >= 0.3 is 0 Å². The largest absolute Gasteiger partial charge is 0.307 e. The van der Waals surface area contributed by atoms with Crippen molar-refractivity contribution in [3.8, 4) is 0 Å². The number of benzene rings is 1. The van der Waals surface area contributed by atoms with Gasteiger partial charge in [0.25, 0.3) is 0 Å². The summed E-state index contributed by atoms with van der Waals surface area (Å²) in [5.41, 5.74) is 2.19. The van der Waals surface area contributed by atoms with Gasteiger partial charge in [0.2, 0.25) is 0 Å². The minimum absolute atomic E-state index is 0.363. The first-order valence-electron chi connectivity index (χ1n) is 7.79. The zero-order chi connectivity index (χ0) is 15.8. The fourth-order valence-electron chi connectivity index (χ4n) is 4.26. The molecule has 1 atom stereocenters.